The summed E-state index contributed by atoms with van der Waals surface area (Å²) in [7, 11) is 0. The maximum absolute atomic E-state index is 11.8. The standard InChI is InChI=1S/C17H20N2O/c1-12(2)17(14(4)20)13(3)16-10-11-19(18-16)15-8-6-5-7-9-15/h5-12H,1-4H3. The van der Waals surface area contributed by atoms with E-state index in [9.17, 15) is 4.79 Å². The Morgan fingerprint density at radius 3 is 2.30 bits per heavy atom. The average molecular weight is 268 g/mol. The van der Waals surface area contributed by atoms with Gasteiger partial charge in [-0.15, -0.1) is 0 Å². The van der Waals surface area contributed by atoms with Crippen molar-refractivity contribution in [2.75, 3.05) is 0 Å². The molecule has 2 aromatic rings. The van der Waals surface area contributed by atoms with Gasteiger partial charge in [-0.1, -0.05) is 32.0 Å². The number of hydrogen-bond donors (Lipinski definition) is 0. The molecule has 0 aliphatic heterocycles. The molecule has 0 atom stereocenters. The van der Waals surface area contributed by atoms with Crippen molar-refractivity contribution in [3.63, 3.8) is 0 Å². The molecule has 3 nitrogen and oxygen atoms in total. The number of nitrogens with zero attached hydrogens (tertiary/aromatic N) is 2. The molecular weight excluding hydrogens is 248 g/mol. The first kappa shape index (κ1) is 14.3. The molecule has 3 heteroatoms. The number of benzene rings is 1. The third-order valence-electron chi connectivity index (χ3n) is 3.35. The maximum atomic E-state index is 11.8. The van der Waals surface area contributed by atoms with Crippen LogP contribution in [0.15, 0.2) is 48.2 Å². The lowest BCUT2D eigenvalue weighted by Crippen LogP contribution is -2.07. The molecule has 0 N–H and O–H groups in total. The molecule has 0 amide bonds. The van der Waals surface area contributed by atoms with Crippen molar-refractivity contribution in [3.8, 4) is 5.69 Å². The van der Waals surface area contributed by atoms with Crippen LogP contribution in [0.2, 0.25) is 0 Å². The molecule has 104 valence electrons. The Hall–Kier alpha value is -2.16. The molecule has 0 aliphatic carbocycles. The van der Waals surface area contributed by atoms with Gasteiger partial charge in [0.15, 0.2) is 5.78 Å². The molecule has 1 aromatic carbocycles. The van der Waals surface area contributed by atoms with Crippen LogP contribution in [0.5, 0.6) is 0 Å². The van der Waals surface area contributed by atoms with Gasteiger partial charge in [0.1, 0.15) is 0 Å². The molecular formula is C17H20N2O. The Morgan fingerprint density at radius 2 is 1.75 bits per heavy atom. The highest BCUT2D eigenvalue weighted by atomic mass is 16.1. The first-order valence-corrected chi connectivity index (χ1v) is 6.84. The van der Waals surface area contributed by atoms with Gasteiger partial charge in [0, 0.05) is 11.8 Å². The molecule has 0 aliphatic rings. The average Bonchev–Trinajstić information content (AvgIpc) is 2.88. The smallest absolute Gasteiger partial charge is 0.156 e. The summed E-state index contributed by atoms with van der Waals surface area (Å²) in [6.45, 7) is 7.66. The van der Waals surface area contributed by atoms with Gasteiger partial charge in [0.25, 0.3) is 0 Å². The molecule has 1 heterocycles. The minimum atomic E-state index is 0.117. The Balaban J connectivity index is 2.43. The molecule has 0 fully saturated rings. The van der Waals surface area contributed by atoms with Crippen LogP contribution in [0.3, 0.4) is 0 Å². The Morgan fingerprint density at radius 1 is 1.10 bits per heavy atom. The molecule has 20 heavy (non-hydrogen) atoms. The van der Waals surface area contributed by atoms with Gasteiger partial charge < -0.3 is 0 Å². The van der Waals surface area contributed by atoms with Crippen LogP contribution in [-0.2, 0) is 4.79 Å². The second-order valence-electron chi connectivity index (χ2n) is 5.23. The van der Waals surface area contributed by atoms with Crippen LogP contribution in [0.25, 0.3) is 11.3 Å². The fraction of sp³-hybridized carbons (Fsp3) is 0.294. The number of carbonyl (C=O) groups excluding carboxylic acids is 1. The first-order valence-electron chi connectivity index (χ1n) is 6.84. The van der Waals surface area contributed by atoms with Crippen molar-refractivity contribution in [1.29, 1.82) is 0 Å². The van der Waals surface area contributed by atoms with E-state index in [0.717, 1.165) is 22.5 Å². The van der Waals surface area contributed by atoms with Crippen LogP contribution in [-0.4, -0.2) is 15.6 Å². The van der Waals surface area contributed by atoms with Crippen molar-refractivity contribution in [1.82, 2.24) is 9.78 Å². The highest BCUT2D eigenvalue weighted by molar-refractivity contribution is 6.00. The summed E-state index contributed by atoms with van der Waals surface area (Å²) in [5, 5.41) is 4.57. The number of carbonyl (C=O) groups is 1. The van der Waals surface area contributed by atoms with Gasteiger partial charge in [-0.05, 0) is 43.5 Å². The Kier molecular flexibility index (Phi) is 4.18. The summed E-state index contributed by atoms with van der Waals surface area (Å²) in [5.41, 5.74) is 3.68. The number of Topliss-reactive ketones (excluding diaryl/α,β-unsaturated/α-hetero) is 1. The number of hydrogen-bond acceptors (Lipinski definition) is 2. The van der Waals surface area contributed by atoms with Crippen LogP contribution >= 0.6 is 0 Å². The van der Waals surface area contributed by atoms with E-state index in [-0.39, 0.29) is 11.7 Å². The van der Waals surface area contributed by atoms with E-state index in [0.29, 0.717) is 0 Å². The number of rotatable bonds is 4. The second kappa shape index (κ2) is 5.87. The lowest BCUT2D eigenvalue weighted by atomic mass is 9.93. The SMILES string of the molecule is CC(=O)C(=C(C)c1ccn(-c2ccccc2)n1)C(C)C. The van der Waals surface area contributed by atoms with Crippen LogP contribution in [0.1, 0.15) is 33.4 Å². The van der Waals surface area contributed by atoms with E-state index in [1.54, 1.807) is 6.92 Å². The van der Waals surface area contributed by atoms with Crippen molar-refractivity contribution in [3.05, 3.63) is 53.9 Å². The van der Waals surface area contributed by atoms with E-state index >= 15 is 0 Å². The topological polar surface area (TPSA) is 34.9 Å². The van der Waals surface area contributed by atoms with Crippen LogP contribution < -0.4 is 0 Å². The van der Waals surface area contributed by atoms with Gasteiger partial charge in [-0.3, -0.25) is 4.79 Å². The summed E-state index contributed by atoms with van der Waals surface area (Å²) < 4.78 is 1.83. The lowest BCUT2D eigenvalue weighted by molar-refractivity contribution is -0.113. The third-order valence-corrected chi connectivity index (χ3v) is 3.35. The number of allylic oxidation sites excluding steroid dienone is 2. The van der Waals surface area contributed by atoms with Gasteiger partial charge in [0.2, 0.25) is 0 Å². The molecule has 2 rings (SSSR count). The largest absolute Gasteiger partial charge is 0.295 e. The molecule has 0 unspecified atom stereocenters. The van der Waals surface area contributed by atoms with Crippen molar-refractivity contribution < 1.29 is 4.79 Å². The van der Waals surface area contributed by atoms with E-state index < -0.39 is 0 Å². The molecule has 1 aromatic heterocycles. The maximum Gasteiger partial charge on any atom is 0.156 e. The van der Waals surface area contributed by atoms with Gasteiger partial charge >= 0.3 is 0 Å². The quantitative estimate of drug-likeness (QED) is 0.788. The number of aromatic nitrogens is 2. The number of para-hydroxylation sites is 1. The fourth-order valence-electron chi connectivity index (χ4n) is 2.49. The molecule has 0 saturated heterocycles. The monoisotopic (exact) mass is 268 g/mol. The predicted octanol–water partition coefficient (Wildman–Crippen LogP) is 3.89. The van der Waals surface area contributed by atoms with Crippen molar-refractivity contribution >= 4 is 11.4 Å². The summed E-state index contributed by atoms with van der Waals surface area (Å²) in [4.78, 5) is 11.8. The normalized spacial score (nSPS) is 12.4. The minimum absolute atomic E-state index is 0.117. The van der Waals surface area contributed by atoms with Crippen LogP contribution in [0.4, 0.5) is 0 Å². The van der Waals surface area contributed by atoms with E-state index in [4.69, 9.17) is 0 Å². The minimum Gasteiger partial charge on any atom is -0.295 e. The zero-order valence-corrected chi connectivity index (χ0v) is 12.4. The summed E-state index contributed by atoms with van der Waals surface area (Å²) in [6, 6.07) is 11.9. The van der Waals surface area contributed by atoms with Crippen molar-refractivity contribution in [2.24, 2.45) is 5.92 Å². The highest BCUT2D eigenvalue weighted by Crippen LogP contribution is 2.23. The highest BCUT2D eigenvalue weighted by Gasteiger charge is 2.15. The molecule has 0 spiro atoms. The predicted molar refractivity (Wildman–Crippen MR) is 81.7 cm³/mol. The van der Waals surface area contributed by atoms with Crippen LogP contribution in [0, 0.1) is 5.92 Å². The molecule has 0 saturated carbocycles. The lowest BCUT2D eigenvalue weighted by Gasteiger charge is -2.11. The number of ketones is 1. The molecule has 0 radical (unpaired) electrons. The fourth-order valence-corrected chi connectivity index (χ4v) is 2.49. The zero-order chi connectivity index (χ0) is 14.7. The second-order valence-corrected chi connectivity index (χ2v) is 5.23. The zero-order valence-electron chi connectivity index (χ0n) is 12.4. The van der Waals surface area contributed by atoms with E-state index in [1.807, 2.05) is 68.0 Å². The first-order chi connectivity index (χ1) is 9.50. The third kappa shape index (κ3) is 2.87. The van der Waals surface area contributed by atoms with Crippen molar-refractivity contribution in [2.45, 2.75) is 27.7 Å². The Labute approximate surface area is 119 Å². The summed E-state index contributed by atoms with van der Waals surface area (Å²) in [6.07, 6.45) is 1.92. The summed E-state index contributed by atoms with van der Waals surface area (Å²) >= 11 is 0. The molecule has 0 bridgehead atoms. The van der Waals surface area contributed by atoms with E-state index in [1.165, 1.54) is 0 Å². The van der Waals surface area contributed by atoms with E-state index in [2.05, 4.69) is 5.10 Å². The van der Waals surface area contributed by atoms with Gasteiger partial charge in [-0.2, -0.15) is 5.10 Å². The van der Waals surface area contributed by atoms with Gasteiger partial charge in [0.05, 0.1) is 11.4 Å². The Bertz CT molecular complexity index is 636. The van der Waals surface area contributed by atoms with Gasteiger partial charge in [-0.25, -0.2) is 4.68 Å². The summed E-state index contributed by atoms with van der Waals surface area (Å²) in [5.74, 6) is 0.320.